The van der Waals surface area contributed by atoms with Gasteiger partial charge in [0.25, 0.3) is 5.56 Å². The molecule has 0 radical (unpaired) electrons. The summed E-state index contributed by atoms with van der Waals surface area (Å²) in [4.78, 5) is 40.4. The van der Waals surface area contributed by atoms with Crippen LogP contribution in [0.4, 0.5) is 15.8 Å². The lowest BCUT2D eigenvalue weighted by Crippen LogP contribution is -2.29. The van der Waals surface area contributed by atoms with Crippen LogP contribution in [0.1, 0.15) is 38.1 Å². The van der Waals surface area contributed by atoms with E-state index in [-0.39, 0.29) is 23.0 Å². The van der Waals surface area contributed by atoms with Crippen LogP contribution in [0.15, 0.2) is 52.4 Å². The maximum atomic E-state index is 13.5. The fourth-order valence-electron chi connectivity index (χ4n) is 3.95. The Morgan fingerprint density at radius 1 is 1.22 bits per heavy atom. The summed E-state index contributed by atoms with van der Waals surface area (Å²) in [5.74, 6) is -1.46. The molecule has 0 spiro atoms. The number of carbonyl (C=O) groups excluding carboxylic acids is 1. The summed E-state index contributed by atoms with van der Waals surface area (Å²) in [5, 5.41) is 14.5. The van der Waals surface area contributed by atoms with Crippen LogP contribution < -0.4 is 10.9 Å². The summed E-state index contributed by atoms with van der Waals surface area (Å²) in [6, 6.07) is 10.4. The standard InChI is InChI=1S/C22H21FN4O4S/c23-17-11-10-14(12-19(17)27(30)31)24-20(28)13-32-22-25-18-9-5-4-8-16(18)21(29)26(22)15-6-2-1-3-7-15/h4-5,8-12,15H,1-3,6-7,13H2,(H,24,28). The number of aromatic nitrogens is 2. The Bertz CT molecular complexity index is 1240. The van der Waals surface area contributed by atoms with Crippen molar-refractivity contribution < 1.29 is 14.1 Å². The molecule has 10 heteroatoms. The van der Waals surface area contributed by atoms with E-state index in [4.69, 9.17) is 0 Å². The van der Waals surface area contributed by atoms with Crippen LogP contribution in [-0.2, 0) is 4.79 Å². The van der Waals surface area contributed by atoms with Gasteiger partial charge in [-0.2, -0.15) is 4.39 Å². The Balaban J connectivity index is 1.57. The second-order valence-electron chi connectivity index (χ2n) is 7.64. The number of hydrogen-bond acceptors (Lipinski definition) is 6. The Morgan fingerprint density at radius 2 is 1.97 bits per heavy atom. The van der Waals surface area contributed by atoms with Crippen molar-refractivity contribution in [2.24, 2.45) is 0 Å². The highest BCUT2D eigenvalue weighted by molar-refractivity contribution is 7.99. The Kier molecular flexibility index (Phi) is 6.50. The molecule has 1 aliphatic rings. The van der Waals surface area contributed by atoms with Gasteiger partial charge in [-0.25, -0.2) is 4.98 Å². The fraction of sp³-hybridized carbons (Fsp3) is 0.318. The number of nitrogens with zero attached hydrogens (tertiary/aromatic N) is 3. The number of amides is 1. The molecule has 1 aliphatic carbocycles. The molecule has 1 saturated carbocycles. The Labute approximate surface area is 187 Å². The van der Waals surface area contributed by atoms with Crippen LogP contribution in [0.5, 0.6) is 0 Å². The third-order valence-corrected chi connectivity index (χ3v) is 6.43. The zero-order valence-corrected chi connectivity index (χ0v) is 17.9. The van der Waals surface area contributed by atoms with Gasteiger partial charge in [0.05, 0.1) is 21.6 Å². The third kappa shape index (κ3) is 4.64. The highest BCUT2D eigenvalue weighted by atomic mass is 32.2. The van der Waals surface area contributed by atoms with E-state index in [0.717, 1.165) is 56.0 Å². The fourth-order valence-corrected chi connectivity index (χ4v) is 4.81. The molecule has 1 heterocycles. The second-order valence-corrected chi connectivity index (χ2v) is 8.58. The minimum Gasteiger partial charge on any atom is -0.325 e. The van der Waals surface area contributed by atoms with Crippen molar-refractivity contribution in [1.29, 1.82) is 0 Å². The van der Waals surface area contributed by atoms with Gasteiger partial charge in [0.2, 0.25) is 11.7 Å². The first-order valence-electron chi connectivity index (χ1n) is 10.3. The molecule has 166 valence electrons. The van der Waals surface area contributed by atoms with Gasteiger partial charge in [-0.1, -0.05) is 43.2 Å². The number of rotatable bonds is 6. The van der Waals surface area contributed by atoms with Gasteiger partial charge in [-0.3, -0.25) is 24.3 Å². The summed E-state index contributed by atoms with van der Waals surface area (Å²) in [7, 11) is 0. The normalized spacial score (nSPS) is 14.4. The molecular formula is C22H21FN4O4S. The number of para-hydroxylation sites is 1. The lowest BCUT2D eigenvalue weighted by atomic mass is 9.95. The molecule has 3 aromatic rings. The van der Waals surface area contributed by atoms with Crippen LogP contribution in [0, 0.1) is 15.9 Å². The van der Waals surface area contributed by atoms with Crippen LogP contribution in [0.25, 0.3) is 10.9 Å². The number of halogens is 1. The van der Waals surface area contributed by atoms with Crippen molar-refractivity contribution in [3.63, 3.8) is 0 Å². The number of benzene rings is 2. The number of carbonyl (C=O) groups is 1. The van der Waals surface area contributed by atoms with Crippen molar-refractivity contribution >= 4 is 39.9 Å². The first-order valence-corrected chi connectivity index (χ1v) is 11.3. The number of hydrogen-bond donors (Lipinski definition) is 1. The summed E-state index contributed by atoms with van der Waals surface area (Å²) in [6.07, 6.45) is 4.99. The smallest absolute Gasteiger partial charge is 0.306 e. The highest BCUT2D eigenvalue weighted by Crippen LogP contribution is 2.31. The van der Waals surface area contributed by atoms with Crippen LogP contribution in [0.3, 0.4) is 0 Å². The first-order chi connectivity index (χ1) is 15.4. The van der Waals surface area contributed by atoms with Gasteiger partial charge >= 0.3 is 5.69 Å². The number of nitro groups is 1. The second kappa shape index (κ2) is 9.47. The number of nitro benzene ring substituents is 1. The minimum absolute atomic E-state index is 0.0404. The third-order valence-electron chi connectivity index (χ3n) is 5.47. The molecule has 0 aliphatic heterocycles. The summed E-state index contributed by atoms with van der Waals surface area (Å²) in [5.41, 5.74) is -0.126. The van der Waals surface area contributed by atoms with E-state index in [2.05, 4.69) is 10.3 Å². The maximum absolute atomic E-state index is 13.5. The van der Waals surface area contributed by atoms with E-state index in [9.17, 15) is 24.1 Å². The van der Waals surface area contributed by atoms with Crippen molar-refractivity contribution in [2.45, 2.75) is 43.3 Å². The molecule has 0 unspecified atom stereocenters. The molecule has 0 saturated heterocycles. The van der Waals surface area contributed by atoms with Gasteiger partial charge in [0.15, 0.2) is 5.16 Å². The van der Waals surface area contributed by atoms with Gasteiger partial charge < -0.3 is 5.32 Å². The van der Waals surface area contributed by atoms with Gasteiger partial charge in [0, 0.05) is 17.8 Å². The predicted octanol–water partition coefficient (Wildman–Crippen LogP) is 4.68. The van der Waals surface area contributed by atoms with E-state index in [1.54, 1.807) is 22.8 Å². The van der Waals surface area contributed by atoms with Crippen LogP contribution in [-0.4, -0.2) is 26.1 Å². The molecule has 0 atom stereocenters. The van der Waals surface area contributed by atoms with Crippen molar-refractivity contribution in [3.05, 3.63) is 68.7 Å². The number of nitrogens with one attached hydrogen (secondary N) is 1. The highest BCUT2D eigenvalue weighted by Gasteiger charge is 2.22. The average molecular weight is 456 g/mol. The quantitative estimate of drug-likeness (QED) is 0.250. The molecule has 1 N–H and O–H groups in total. The average Bonchev–Trinajstić information content (AvgIpc) is 2.79. The maximum Gasteiger partial charge on any atom is 0.306 e. The zero-order chi connectivity index (χ0) is 22.7. The molecule has 1 aromatic heterocycles. The van der Waals surface area contributed by atoms with Gasteiger partial charge in [0.1, 0.15) is 0 Å². The van der Waals surface area contributed by atoms with E-state index in [1.807, 2.05) is 6.07 Å². The van der Waals surface area contributed by atoms with E-state index in [1.165, 1.54) is 6.07 Å². The molecule has 8 nitrogen and oxygen atoms in total. The predicted molar refractivity (Wildman–Crippen MR) is 121 cm³/mol. The molecule has 4 rings (SSSR count). The lowest BCUT2D eigenvalue weighted by Gasteiger charge is -2.26. The number of fused-ring (bicyclic) bond motifs is 1. The van der Waals surface area contributed by atoms with E-state index < -0.39 is 22.3 Å². The molecule has 1 fully saturated rings. The molecule has 0 bridgehead atoms. The van der Waals surface area contributed by atoms with E-state index in [0.29, 0.717) is 16.1 Å². The number of anilines is 1. The van der Waals surface area contributed by atoms with E-state index >= 15 is 0 Å². The summed E-state index contributed by atoms with van der Waals surface area (Å²) in [6.45, 7) is 0. The Hall–Kier alpha value is -3.27. The summed E-state index contributed by atoms with van der Waals surface area (Å²) < 4.78 is 15.2. The molecular weight excluding hydrogens is 435 g/mol. The molecule has 2 aromatic carbocycles. The molecule has 1 amide bonds. The SMILES string of the molecule is O=C(CSc1nc2ccccc2c(=O)n1C1CCCCC1)Nc1ccc(F)c([N+](=O)[O-])c1. The Morgan fingerprint density at radius 3 is 2.72 bits per heavy atom. The minimum atomic E-state index is -0.973. The van der Waals surface area contributed by atoms with Crippen LogP contribution in [0.2, 0.25) is 0 Å². The lowest BCUT2D eigenvalue weighted by molar-refractivity contribution is -0.387. The molecule has 32 heavy (non-hydrogen) atoms. The van der Waals surface area contributed by atoms with Crippen LogP contribution >= 0.6 is 11.8 Å². The number of thioether (sulfide) groups is 1. The monoisotopic (exact) mass is 456 g/mol. The zero-order valence-electron chi connectivity index (χ0n) is 17.1. The van der Waals surface area contributed by atoms with Gasteiger partial charge in [-0.15, -0.1) is 0 Å². The summed E-state index contributed by atoms with van der Waals surface area (Å²) >= 11 is 1.14. The van der Waals surface area contributed by atoms with Crippen molar-refractivity contribution in [3.8, 4) is 0 Å². The van der Waals surface area contributed by atoms with Gasteiger partial charge in [-0.05, 0) is 37.1 Å². The largest absolute Gasteiger partial charge is 0.325 e. The topological polar surface area (TPSA) is 107 Å². The first kappa shape index (κ1) is 21.9. The van der Waals surface area contributed by atoms with Crippen molar-refractivity contribution in [2.75, 3.05) is 11.1 Å². The van der Waals surface area contributed by atoms with Crippen molar-refractivity contribution in [1.82, 2.24) is 9.55 Å².